The molecule has 1 aromatic heterocycles. The Labute approximate surface area is 130 Å². The van der Waals surface area contributed by atoms with Crippen molar-refractivity contribution in [1.29, 1.82) is 0 Å². The van der Waals surface area contributed by atoms with Crippen LogP contribution in [0.2, 0.25) is 0 Å². The van der Waals surface area contributed by atoms with Crippen LogP contribution in [0, 0.1) is 0 Å². The molecule has 1 atom stereocenters. The van der Waals surface area contributed by atoms with Gasteiger partial charge < -0.3 is 15.5 Å². The van der Waals surface area contributed by atoms with Crippen molar-refractivity contribution >= 4 is 28.2 Å². The molecule has 21 heavy (non-hydrogen) atoms. The van der Waals surface area contributed by atoms with Gasteiger partial charge in [-0.05, 0) is 38.5 Å². The third-order valence-corrected chi connectivity index (χ3v) is 5.69. The third kappa shape index (κ3) is 2.86. The van der Waals surface area contributed by atoms with E-state index in [1.807, 2.05) is 4.90 Å². The number of amides is 1. The molecule has 2 aliphatic rings. The molecule has 3 heterocycles. The minimum atomic E-state index is 0.0852. The highest BCUT2D eigenvalue weighted by molar-refractivity contribution is 7.18. The smallest absolute Gasteiger partial charge is 0.268 e. The molecule has 6 heteroatoms. The van der Waals surface area contributed by atoms with Crippen LogP contribution < -0.4 is 10.6 Å². The van der Waals surface area contributed by atoms with Gasteiger partial charge in [0.2, 0.25) is 0 Å². The average molecular weight is 308 g/mol. The monoisotopic (exact) mass is 308 g/mol. The van der Waals surface area contributed by atoms with E-state index in [4.69, 9.17) is 5.73 Å². The zero-order valence-electron chi connectivity index (χ0n) is 12.7. The summed E-state index contributed by atoms with van der Waals surface area (Å²) in [6.45, 7) is 5.07. The normalized spacial score (nSPS) is 22.8. The van der Waals surface area contributed by atoms with Crippen molar-refractivity contribution in [3.8, 4) is 0 Å². The van der Waals surface area contributed by atoms with E-state index in [0.717, 1.165) is 44.0 Å². The van der Waals surface area contributed by atoms with Crippen LogP contribution in [-0.2, 0) is 0 Å². The van der Waals surface area contributed by atoms with E-state index in [-0.39, 0.29) is 5.91 Å². The van der Waals surface area contributed by atoms with Crippen molar-refractivity contribution in [2.24, 2.45) is 0 Å². The highest BCUT2D eigenvalue weighted by Gasteiger charge is 2.30. The topological polar surface area (TPSA) is 62.5 Å². The maximum Gasteiger partial charge on any atom is 0.268 e. The van der Waals surface area contributed by atoms with E-state index in [0.29, 0.717) is 16.7 Å². The molecule has 2 fully saturated rings. The van der Waals surface area contributed by atoms with Crippen molar-refractivity contribution in [2.75, 3.05) is 30.3 Å². The minimum Gasteiger partial charge on any atom is -0.382 e. The SMILES string of the molecule is CCC1CCCCN1C(=O)c1sc(N2CCCC2)nc1N. The molecule has 1 amide bonds. The van der Waals surface area contributed by atoms with Crippen LogP contribution >= 0.6 is 11.3 Å². The molecule has 3 rings (SSSR count). The van der Waals surface area contributed by atoms with Gasteiger partial charge in [-0.2, -0.15) is 0 Å². The summed E-state index contributed by atoms with van der Waals surface area (Å²) < 4.78 is 0. The first-order valence-electron chi connectivity index (χ1n) is 8.03. The van der Waals surface area contributed by atoms with Crippen molar-refractivity contribution in [3.63, 3.8) is 0 Å². The number of hydrogen-bond acceptors (Lipinski definition) is 5. The Morgan fingerprint density at radius 3 is 2.71 bits per heavy atom. The summed E-state index contributed by atoms with van der Waals surface area (Å²) in [6, 6.07) is 0.364. The Bertz CT molecular complexity index is 510. The first-order chi connectivity index (χ1) is 10.2. The van der Waals surface area contributed by atoms with Gasteiger partial charge in [0.1, 0.15) is 10.7 Å². The van der Waals surface area contributed by atoms with Gasteiger partial charge >= 0.3 is 0 Å². The molecule has 0 saturated carbocycles. The van der Waals surface area contributed by atoms with Crippen molar-refractivity contribution < 1.29 is 4.79 Å². The van der Waals surface area contributed by atoms with Crippen LogP contribution in [0.25, 0.3) is 0 Å². The molecule has 0 bridgehead atoms. The number of nitrogen functional groups attached to an aromatic ring is 1. The molecule has 1 aromatic rings. The first kappa shape index (κ1) is 14.6. The molecule has 0 aromatic carbocycles. The second-order valence-electron chi connectivity index (χ2n) is 5.96. The van der Waals surface area contributed by atoms with Gasteiger partial charge in [-0.25, -0.2) is 4.98 Å². The maximum atomic E-state index is 12.8. The average Bonchev–Trinajstić information content (AvgIpc) is 3.15. The predicted molar refractivity (Wildman–Crippen MR) is 86.9 cm³/mol. The maximum absolute atomic E-state index is 12.8. The molecule has 116 valence electrons. The van der Waals surface area contributed by atoms with Crippen LogP contribution in [0.15, 0.2) is 0 Å². The van der Waals surface area contributed by atoms with Crippen LogP contribution in [0.1, 0.15) is 55.1 Å². The summed E-state index contributed by atoms with van der Waals surface area (Å²) in [5.41, 5.74) is 6.03. The molecular formula is C15H24N4OS. The molecule has 0 spiro atoms. The van der Waals surface area contributed by atoms with Crippen LogP contribution in [0.4, 0.5) is 10.9 Å². The number of likely N-dealkylation sites (tertiary alicyclic amines) is 1. The van der Waals surface area contributed by atoms with Crippen molar-refractivity contribution in [3.05, 3.63) is 4.88 Å². The lowest BCUT2D eigenvalue weighted by atomic mass is 10.00. The Hall–Kier alpha value is -1.30. The molecule has 1 unspecified atom stereocenters. The number of piperidine rings is 1. The summed E-state index contributed by atoms with van der Waals surface area (Å²) in [5, 5.41) is 0.915. The number of nitrogens with two attached hydrogens (primary N) is 1. The summed E-state index contributed by atoms with van der Waals surface area (Å²) in [6.07, 6.45) is 6.85. The third-order valence-electron chi connectivity index (χ3n) is 4.57. The van der Waals surface area contributed by atoms with E-state index in [1.54, 1.807) is 0 Å². The summed E-state index contributed by atoms with van der Waals surface area (Å²) in [7, 11) is 0. The molecule has 0 aliphatic carbocycles. The van der Waals surface area contributed by atoms with Gasteiger partial charge in [0, 0.05) is 25.7 Å². The quantitative estimate of drug-likeness (QED) is 0.932. The molecule has 2 N–H and O–H groups in total. The van der Waals surface area contributed by atoms with Gasteiger partial charge in [0.05, 0.1) is 0 Å². The lowest BCUT2D eigenvalue weighted by Gasteiger charge is -2.35. The number of carbonyl (C=O) groups is 1. The number of carbonyl (C=O) groups excluding carboxylic acids is 1. The first-order valence-corrected chi connectivity index (χ1v) is 8.84. The van der Waals surface area contributed by atoms with Gasteiger partial charge in [-0.15, -0.1) is 0 Å². The molecule has 0 radical (unpaired) electrons. The second-order valence-corrected chi connectivity index (χ2v) is 6.94. The van der Waals surface area contributed by atoms with E-state index in [1.165, 1.54) is 30.6 Å². The Balaban J connectivity index is 1.80. The Kier molecular flexibility index (Phi) is 4.33. The summed E-state index contributed by atoms with van der Waals surface area (Å²) >= 11 is 1.47. The molecule has 2 saturated heterocycles. The number of nitrogens with zero attached hydrogens (tertiary/aromatic N) is 3. The fourth-order valence-corrected chi connectivity index (χ4v) is 4.33. The van der Waals surface area contributed by atoms with Gasteiger partial charge in [0.25, 0.3) is 5.91 Å². The van der Waals surface area contributed by atoms with Gasteiger partial charge in [-0.1, -0.05) is 18.3 Å². The fraction of sp³-hybridized carbons (Fsp3) is 0.733. The van der Waals surface area contributed by atoms with E-state index >= 15 is 0 Å². The number of thiazole rings is 1. The Morgan fingerprint density at radius 2 is 2.00 bits per heavy atom. The van der Waals surface area contributed by atoms with Gasteiger partial charge in [-0.3, -0.25) is 4.79 Å². The van der Waals surface area contributed by atoms with Crippen molar-refractivity contribution in [2.45, 2.75) is 51.5 Å². The number of aromatic nitrogens is 1. The largest absolute Gasteiger partial charge is 0.382 e. The molecule has 2 aliphatic heterocycles. The fourth-order valence-electron chi connectivity index (χ4n) is 3.34. The lowest BCUT2D eigenvalue weighted by molar-refractivity contribution is 0.0614. The molecular weight excluding hydrogens is 284 g/mol. The zero-order chi connectivity index (χ0) is 14.8. The van der Waals surface area contributed by atoms with Gasteiger partial charge in [0.15, 0.2) is 5.13 Å². The number of anilines is 2. The summed E-state index contributed by atoms with van der Waals surface area (Å²) in [5.74, 6) is 0.495. The predicted octanol–water partition coefficient (Wildman–Crippen LogP) is 2.73. The lowest BCUT2D eigenvalue weighted by Crippen LogP contribution is -2.43. The van der Waals surface area contributed by atoms with E-state index < -0.39 is 0 Å². The number of hydrogen-bond donors (Lipinski definition) is 1. The highest BCUT2D eigenvalue weighted by atomic mass is 32.1. The minimum absolute atomic E-state index is 0.0852. The zero-order valence-corrected chi connectivity index (χ0v) is 13.5. The standard InChI is InChI=1S/C15H24N4OS/c1-2-11-7-3-4-10-19(11)14(20)12-13(16)17-15(21-12)18-8-5-6-9-18/h11H,2-10,16H2,1H3. The second kappa shape index (κ2) is 6.22. The molecule has 5 nitrogen and oxygen atoms in total. The highest BCUT2D eigenvalue weighted by Crippen LogP contribution is 2.32. The van der Waals surface area contributed by atoms with Crippen molar-refractivity contribution in [1.82, 2.24) is 9.88 Å². The summed E-state index contributed by atoms with van der Waals surface area (Å²) in [4.78, 5) is 22.1. The van der Waals surface area contributed by atoms with Crippen LogP contribution in [0.5, 0.6) is 0 Å². The van der Waals surface area contributed by atoms with E-state index in [2.05, 4.69) is 16.8 Å². The van der Waals surface area contributed by atoms with E-state index in [9.17, 15) is 4.79 Å². The Morgan fingerprint density at radius 1 is 1.29 bits per heavy atom. The van der Waals surface area contributed by atoms with Crippen LogP contribution in [0.3, 0.4) is 0 Å². The van der Waals surface area contributed by atoms with Crippen LogP contribution in [-0.4, -0.2) is 41.5 Å². The number of rotatable bonds is 3.